The maximum atomic E-state index is 12.2. The Balaban J connectivity index is -0.00000373. The third-order valence-corrected chi connectivity index (χ3v) is 9.36. The first kappa shape index (κ1) is 69.4. The molecule has 2 unspecified atom stereocenters. The number of nitrogens with one attached hydrogen (secondary N) is 6. The molecule has 3 radical (unpaired) electrons. The van der Waals surface area contributed by atoms with E-state index in [1.54, 1.807) is 0 Å². The van der Waals surface area contributed by atoms with Crippen molar-refractivity contribution in [3.05, 3.63) is 5.73 Å². The second-order valence-electron chi connectivity index (χ2n) is 14.9. The van der Waals surface area contributed by atoms with Crippen LogP contribution in [-0.4, -0.2) is 158 Å². The van der Waals surface area contributed by atoms with Crippen molar-refractivity contribution >= 4 is 49.0 Å². The molecule has 0 aromatic carbocycles. The molecule has 0 rings (SSSR count). The molecule has 383 valence electrons. The van der Waals surface area contributed by atoms with Crippen LogP contribution in [0.15, 0.2) is 0 Å². The number of amides is 5. The maximum absolute atomic E-state index is 12.2. The molecule has 0 aromatic rings. The van der Waals surface area contributed by atoms with Gasteiger partial charge < -0.3 is 72.6 Å². The van der Waals surface area contributed by atoms with Crippen molar-refractivity contribution in [3.63, 3.8) is 0 Å². The van der Waals surface area contributed by atoms with E-state index in [-0.39, 0.29) is 133 Å². The van der Waals surface area contributed by atoms with Crippen LogP contribution in [0.3, 0.4) is 0 Å². The molecule has 0 heterocycles. The number of carbonyl (C=O) groups excluding carboxylic acids is 6. The van der Waals surface area contributed by atoms with Crippen LogP contribution in [0.4, 0.5) is 0 Å². The van der Waals surface area contributed by atoms with E-state index in [1.807, 2.05) is 13.8 Å². The Morgan fingerprint density at radius 2 is 0.970 bits per heavy atom. The van der Waals surface area contributed by atoms with Gasteiger partial charge in [0.25, 0.3) is 0 Å². The van der Waals surface area contributed by atoms with E-state index in [0.29, 0.717) is 58.0 Å². The van der Waals surface area contributed by atoms with Crippen LogP contribution in [0.25, 0.3) is 5.73 Å². The number of aliphatic carboxylic acids is 1. The summed E-state index contributed by atoms with van der Waals surface area (Å²) >= 11 is 0. The molecule has 0 aliphatic heterocycles. The summed E-state index contributed by atoms with van der Waals surface area (Å²) in [6.45, 7) is 8.46. The van der Waals surface area contributed by atoms with Crippen molar-refractivity contribution in [2.45, 2.75) is 154 Å². The molecule has 0 aliphatic carbocycles. The molecule has 66 heavy (non-hydrogen) atoms. The third kappa shape index (κ3) is 48.8. The fourth-order valence-electron chi connectivity index (χ4n) is 5.70. The van der Waals surface area contributed by atoms with Gasteiger partial charge in [-0.3, -0.25) is 24.0 Å². The van der Waals surface area contributed by atoms with Crippen LogP contribution < -0.4 is 38.1 Å². The number of unbranched alkanes of at least 4 members (excludes halogenated alkanes) is 10. The minimum absolute atomic E-state index is 0. The zero-order valence-electron chi connectivity index (χ0n) is 40.6. The van der Waals surface area contributed by atoms with E-state index in [4.69, 9.17) is 44.0 Å². The number of carboxylic acid groups (broad SMARTS) is 1. The average Bonchev–Trinajstić information content (AvgIpc) is 3.29. The van der Waals surface area contributed by atoms with Crippen molar-refractivity contribution in [1.82, 2.24) is 26.6 Å². The number of carbonyl (C=O) groups is 7. The molecule has 3 atom stereocenters. The molecule has 20 nitrogen and oxygen atoms in total. The molecule has 0 bridgehead atoms. The van der Waals surface area contributed by atoms with E-state index >= 15 is 0 Å². The quantitative estimate of drug-likeness (QED) is 0.0321. The van der Waals surface area contributed by atoms with Gasteiger partial charge in [0, 0.05) is 57.6 Å². The zero-order chi connectivity index (χ0) is 49.4. The second kappa shape index (κ2) is 52.8. The van der Waals surface area contributed by atoms with Gasteiger partial charge in [-0.1, -0.05) is 72.1 Å². The number of hydrogen-bond acceptors (Lipinski definition) is 13. The van der Waals surface area contributed by atoms with Crippen LogP contribution >= 0.6 is 0 Å². The van der Waals surface area contributed by atoms with E-state index in [9.17, 15) is 38.7 Å². The molecular weight excluding hydrogens is 894 g/mol. The van der Waals surface area contributed by atoms with E-state index in [0.717, 1.165) is 19.3 Å². The number of rotatable bonds is 43. The summed E-state index contributed by atoms with van der Waals surface area (Å²) in [6, 6.07) is -2.45. The SMILES string of the molecule is CC.C[NH-].[B]C(=O)[C@@H](N)CCCCNC(=O)C(N)CCCCNC(=O)COCCOCCNC(=O)COCCOCCNC(=O)CCC(NC(=O)CCCCCCCCCCC)C(=O)O.[V]. The van der Waals surface area contributed by atoms with Crippen LogP contribution in [0.1, 0.15) is 136 Å². The van der Waals surface area contributed by atoms with Crippen molar-refractivity contribution in [1.29, 1.82) is 0 Å². The predicted octanol–water partition coefficient (Wildman–Crippen LogP) is 2.17. The molecule has 0 saturated carbocycles. The van der Waals surface area contributed by atoms with Gasteiger partial charge in [-0.2, -0.15) is 7.05 Å². The average molecular weight is 981 g/mol. The summed E-state index contributed by atoms with van der Waals surface area (Å²) in [7, 11) is 6.36. The summed E-state index contributed by atoms with van der Waals surface area (Å²) in [4.78, 5) is 82.8. The van der Waals surface area contributed by atoms with Gasteiger partial charge in [0.1, 0.15) is 19.3 Å². The molecular formula is C44H86BN8O12V-. The smallest absolute Gasteiger partial charge is 0.326 e. The summed E-state index contributed by atoms with van der Waals surface area (Å²) in [5.74, 6) is -2.70. The Bertz CT molecular complexity index is 1230. The topological polar surface area (TPSA) is 313 Å². The largest absolute Gasteiger partial charge is 0.680 e. The van der Waals surface area contributed by atoms with Gasteiger partial charge in [-0.15, -0.1) is 0 Å². The first-order valence-electron chi connectivity index (χ1n) is 23.6. The molecule has 0 spiro atoms. The van der Waals surface area contributed by atoms with Crippen molar-refractivity contribution < 1.29 is 76.2 Å². The minimum Gasteiger partial charge on any atom is -0.680 e. The van der Waals surface area contributed by atoms with Gasteiger partial charge in [-0.05, 0) is 51.4 Å². The van der Waals surface area contributed by atoms with Gasteiger partial charge in [0.2, 0.25) is 29.5 Å². The van der Waals surface area contributed by atoms with Crippen LogP contribution in [-0.2, 0) is 71.1 Å². The summed E-state index contributed by atoms with van der Waals surface area (Å²) in [6.07, 6.45) is 13.8. The first-order chi connectivity index (χ1) is 31.4. The Hall–Kier alpha value is -3.14. The van der Waals surface area contributed by atoms with Gasteiger partial charge in [-0.25, -0.2) is 4.79 Å². The summed E-state index contributed by atoms with van der Waals surface area (Å²) < 4.78 is 21.3. The van der Waals surface area contributed by atoms with E-state index in [1.165, 1.54) is 39.2 Å². The normalized spacial score (nSPS) is 11.7. The molecule has 0 aliphatic rings. The van der Waals surface area contributed by atoms with Gasteiger partial charge >= 0.3 is 5.97 Å². The Kier molecular flexibility index (Phi) is 55.6. The molecule has 0 fully saturated rings. The fraction of sp³-hybridized carbons (Fsp3) is 0.841. The first-order valence-corrected chi connectivity index (χ1v) is 23.6. The van der Waals surface area contributed by atoms with Crippen LogP contribution in [0, 0.1) is 0 Å². The van der Waals surface area contributed by atoms with E-state index < -0.39 is 29.8 Å². The number of hydrogen-bond donors (Lipinski definition) is 8. The second-order valence-corrected chi connectivity index (χ2v) is 14.9. The molecule has 5 amide bonds. The number of nitrogens with two attached hydrogens (primary N) is 2. The van der Waals surface area contributed by atoms with Crippen molar-refractivity contribution in [2.75, 3.05) is 86.1 Å². The van der Waals surface area contributed by atoms with Crippen molar-refractivity contribution in [3.8, 4) is 0 Å². The summed E-state index contributed by atoms with van der Waals surface area (Å²) in [5.41, 5.74) is 16.7. The minimum atomic E-state index is -1.18. The van der Waals surface area contributed by atoms with Crippen LogP contribution in [0.2, 0.25) is 0 Å². The number of carboxylic acids is 1. The summed E-state index contributed by atoms with van der Waals surface area (Å²) in [5, 5.41) is 22.8. The zero-order valence-corrected chi connectivity index (χ0v) is 42.0. The number of ether oxygens (including phenoxy) is 4. The monoisotopic (exact) mass is 981 g/mol. The molecule has 11 N–H and O–H groups in total. The van der Waals surface area contributed by atoms with Crippen LogP contribution in [0.5, 0.6) is 0 Å². The van der Waals surface area contributed by atoms with Crippen molar-refractivity contribution in [2.24, 2.45) is 11.5 Å². The van der Waals surface area contributed by atoms with E-state index in [2.05, 4.69) is 33.5 Å². The molecule has 0 saturated heterocycles. The molecule has 0 aromatic heterocycles. The Morgan fingerprint density at radius 3 is 1.47 bits per heavy atom. The van der Waals surface area contributed by atoms with Gasteiger partial charge in [0.15, 0.2) is 7.85 Å². The molecule has 22 heteroatoms. The Morgan fingerprint density at radius 1 is 0.530 bits per heavy atom. The third-order valence-electron chi connectivity index (χ3n) is 9.36. The standard InChI is InChI=1S/C41H76BN7O12.C2H6.CH4N.V/c1-2-3-4-5-6-7-8-9-10-17-36(51)49-34(41(56)57)18-19-35(50)46-22-24-58-26-29-61-31-38(53)47-23-25-59-27-28-60-30-37(52)45-20-13-12-16-33(44)40(55)48-21-14-11-15-32(43)39(42)54;2*1-2;/h32-34H,2-31,43-44H2,1H3,(H,45,52)(H,46,50)(H,47,53)(H,48,55)(H,49,51)(H,56,57);1-2H3;2H,1H3;/q;;-1;/t32-,33?,34?;;;/m0.../s1. The Labute approximate surface area is 408 Å². The van der Waals surface area contributed by atoms with Gasteiger partial charge in [0.05, 0.1) is 57.4 Å². The predicted molar refractivity (Wildman–Crippen MR) is 252 cm³/mol. The fourth-order valence-corrected chi connectivity index (χ4v) is 5.70. The maximum Gasteiger partial charge on any atom is 0.326 e.